The first kappa shape index (κ1) is 20.6. The van der Waals surface area contributed by atoms with Crippen molar-refractivity contribution in [2.45, 2.75) is 4.90 Å². The van der Waals surface area contributed by atoms with E-state index < -0.39 is 22.0 Å². The van der Waals surface area contributed by atoms with Crippen LogP contribution in [0, 0.1) is 0 Å². The maximum atomic E-state index is 12.2. The maximum Gasteiger partial charge on any atom is 0.355 e. The van der Waals surface area contributed by atoms with E-state index in [1.165, 1.54) is 49.5 Å². The molecular weight excluding hydrogens is 376 g/mol. The molecule has 1 aliphatic rings. The van der Waals surface area contributed by atoms with E-state index in [0.717, 1.165) is 0 Å². The van der Waals surface area contributed by atoms with Crippen LogP contribution < -0.4 is 9.62 Å². The molecule has 1 heterocycles. The first-order chi connectivity index (χ1) is 12.9. The van der Waals surface area contributed by atoms with E-state index in [-0.39, 0.29) is 36.0 Å². The van der Waals surface area contributed by atoms with Gasteiger partial charge in [-0.1, -0.05) is 6.08 Å². The summed E-state index contributed by atoms with van der Waals surface area (Å²) in [6, 6.07) is 5.74. The van der Waals surface area contributed by atoms with Crippen molar-refractivity contribution in [3.63, 3.8) is 0 Å². The van der Waals surface area contributed by atoms with Crippen LogP contribution in [0.3, 0.4) is 0 Å². The lowest BCUT2D eigenvalue weighted by Gasteiger charge is -2.31. The molecule has 9 nitrogen and oxygen atoms in total. The number of carbonyl (C=O) groups excluding carboxylic acids is 2. The number of ether oxygens (including phenoxy) is 3. The van der Waals surface area contributed by atoms with Gasteiger partial charge in [-0.2, -0.15) is 0 Å². The third kappa shape index (κ3) is 4.54. The van der Waals surface area contributed by atoms with Crippen LogP contribution in [0.25, 0.3) is 0 Å². The molecular formula is C17H20N2O7S. The predicted octanol–water partition coefficient (Wildman–Crippen LogP) is 0.545. The van der Waals surface area contributed by atoms with Crippen LogP contribution in [0.15, 0.2) is 53.1 Å². The molecule has 0 saturated heterocycles. The van der Waals surface area contributed by atoms with Crippen molar-refractivity contribution in [3.8, 4) is 0 Å². The lowest BCUT2D eigenvalue weighted by molar-refractivity contribution is -0.140. The number of sulfonamides is 1. The molecule has 0 radical (unpaired) electrons. The molecule has 10 heteroatoms. The molecule has 0 amide bonds. The number of esters is 2. The molecule has 146 valence electrons. The Morgan fingerprint density at radius 1 is 1.22 bits per heavy atom. The van der Waals surface area contributed by atoms with Gasteiger partial charge in [-0.15, -0.1) is 6.58 Å². The molecule has 0 aromatic heterocycles. The van der Waals surface area contributed by atoms with Gasteiger partial charge in [-0.3, -0.25) is 0 Å². The molecule has 0 atom stereocenters. The predicted molar refractivity (Wildman–Crippen MR) is 96.2 cm³/mol. The second-order valence-corrected chi connectivity index (χ2v) is 7.12. The SMILES string of the molecule is C=CCNS(=O)(=O)c1ccc(N2COCC(C(=O)OC)=C2C(=O)OC)cc1. The molecule has 0 fully saturated rings. The number of nitrogens with zero attached hydrogens (tertiary/aromatic N) is 1. The summed E-state index contributed by atoms with van der Waals surface area (Å²) in [6.07, 6.45) is 1.43. The van der Waals surface area contributed by atoms with E-state index in [4.69, 9.17) is 14.2 Å². The van der Waals surface area contributed by atoms with Crippen LogP contribution in [-0.4, -0.2) is 54.5 Å². The van der Waals surface area contributed by atoms with Crippen molar-refractivity contribution in [2.24, 2.45) is 0 Å². The van der Waals surface area contributed by atoms with Gasteiger partial charge in [-0.05, 0) is 24.3 Å². The highest BCUT2D eigenvalue weighted by Gasteiger charge is 2.32. The fraction of sp³-hybridized carbons (Fsp3) is 0.294. The topological polar surface area (TPSA) is 111 Å². The number of benzene rings is 1. The highest BCUT2D eigenvalue weighted by Crippen LogP contribution is 2.27. The summed E-state index contributed by atoms with van der Waals surface area (Å²) < 4.78 is 41.5. The lowest BCUT2D eigenvalue weighted by Crippen LogP contribution is -2.38. The minimum atomic E-state index is -3.68. The lowest BCUT2D eigenvalue weighted by atomic mass is 10.1. The smallest absolute Gasteiger partial charge is 0.355 e. The van der Waals surface area contributed by atoms with Gasteiger partial charge in [0.15, 0.2) is 0 Å². The molecule has 0 saturated carbocycles. The molecule has 0 unspecified atom stereocenters. The Hall–Kier alpha value is -2.69. The van der Waals surface area contributed by atoms with E-state index in [1.807, 2.05) is 0 Å². The number of carbonyl (C=O) groups is 2. The van der Waals surface area contributed by atoms with Gasteiger partial charge >= 0.3 is 11.9 Å². The molecule has 0 aliphatic carbocycles. The average Bonchev–Trinajstić information content (AvgIpc) is 2.70. The summed E-state index contributed by atoms with van der Waals surface area (Å²) in [5.74, 6) is -1.45. The maximum absolute atomic E-state index is 12.2. The van der Waals surface area contributed by atoms with E-state index in [9.17, 15) is 18.0 Å². The molecule has 1 aromatic rings. The van der Waals surface area contributed by atoms with Crippen LogP contribution in [-0.2, 0) is 33.8 Å². The Morgan fingerprint density at radius 3 is 2.41 bits per heavy atom. The zero-order chi connectivity index (χ0) is 20.0. The van der Waals surface area contributed by atoms with Crippen LogP contribution in [0.1, 0.15) is 0 Å². The highest BCUT2D eigenvalue weighted by molar-refractivity contribution is 7.89. The molecule has 0 bridgehead atoms. The molecule has 1 N–H and O–H groups in total. The van der Waals surface area contributed by atoms with Gasteiger partial charge in [0, 0.05) is 12.2 Å². The van der Waals surface area contributed by atoms with Crippen LogP contribution >= 0.6 is 0 Å². The molecule has 27 heavy (non-hydrogen) atoms. The van der Waals surface area contributed by atoms with Crippen LogP contribution in [0.4, 0.5) is 5.69 Å². The molecule has 1 aliphatic heterocycles. The number of methoxy groups -OCH3 is 2. The third-order valence-corrected chi connectivity index (χ3v) is 5.15. The van der Waals surface area contributed by atoms with Gasteiger partial charge in [0.1, 0.15) is 12.4 Å². The third-order valence-electron chi connectivity index (χ3n) is 3.71. The Morgan fingerprint density at radius 2 is 1.85 bits per heavy atom. The second-order valence-electron chi connectivity index (χ2n) is 5.35. The van der Waals surface area contributed by atoms with E-state index in [0.29, 0.717) is 5.69 Å². The second kappa shape index (κ2) is 8.80. The fourth-order valence-corrected chi connectivity index (χ4v) is 3.40. The van der Waals surface area contributed by atoms with E-state index in [2.05, 4.69) is 11.3 Å². The summed E-state index contributed by atoms with van der Waals surface area (Å²) in [5.41, 5.74) is 0.440. The highest BCUT2D eigenvalue weighted by atomic mass is 32.2. The number of hydrogen-bond acceptors (Lipinski definition) is 8. The standard InChI is InChI=1S/C17H20N2O7S/c1-4-9-18-27(22,23)13-7-5-12(6-8-13)19-11-26-10-14(16(20)24-2)15(19)17(21)25-3/h4-8,18H,1,9-11H2,2-3H3. The van der Waals surface area contributed by atoms with E-state index >= 15 is 0 Å². The Kier molecular flexibility index (Phi) is 6.72. The van der Waals surface area contributed by atoms with Gasteiger partial charge in [-0.25, -0.2) is 22.7 Å². The van der Waals surface area contributed by atoms with Crippen molar-refractivity contribution in [2.75, 3.05) is 39.0 Å². The molecule has 2 rings (SSSR count). The van der Waals surface area contributed by atoms with Crippen molar-refractivity contribution >= 4 is 27.6 Å². The van der Waals surface area contributed by atoms with E-state index in [1.54, 1.807) is 0 Å². The van der Waals surface area contributed by atoms with Crippen molar-refractivity contribution < 1.29 is 32.2 Å². The number of rotatable bonds is 7. The fourth-order valence-electron chi connectivity index (χ4n) is 2.40. The van der Waals surface area contributed by atoms with Crippen LogP contribution in [0.5, 0.6) is 0 Å². The van der Waals surface area contributed by atoms with Crippen molar-refractivity contribution in [3.05, 3.63) is 48.2 Å². The van der Waals surface area contributed by atoms with Crippen LogP contribution in [0.2, 0.25) is 0 Å². The zero-order valence-corrected chi connectivity index (χ0v) is 15.7. The van der Waals surface area contributed by atoms with Crippen molar-refractivity contribution in [1.82, 2.24) is 4.72 Å². The Bertz CT molecular complexity index is 860. The average molecular weight is 396 g/mol. The summed E-state index contributed by atoms with van der Waals surface area (Å²) in [7, 11) is -1.29. The number of hydrogen-bond donors (Lipinski definition) is 1. The normalized spacial score (nSPS) is 14.7. The minimum absolute atomic E-state index is 0.0138. The minimum Gasteiger partial charge on any atom is -0.466 e. The monoisotopic (exact) mass is 396 g/mol. The van der Waals surface area contributed by atoms with Gasteiger partial charge in [0.05, 0.1) is 31.3 Å². The largest absolute Gasteiger partial charge is 0.466 e. The zero-order valence-electron chi connectivity index (χ0n) is 14.9. The summed E-state index contributed by atoms with van der Waals surface area (Å²) in [6.45, 7) is 3.43. The summed E-state index contributed by atoms with van der Waals surface area (Å²) in [5, 5.41) is 0. The number of anilines is 1. The first-order valence-electron chi connectivity index (χ1n) is 7.81. The Labute approximate surface area is 157 Å². The molecule has 1 aromatic carbocycles. The summed E-state index contributed by atoms with van der Waals surface area (Å²) in [4.78, 5) is 25.7. The van der Waals surface area contributed by atoms with Gasteiger partial charge in [0.25, 0.3) is 0 Å². The van der Waals surface area contributed by atoms with Gasteiger partial charge < -0.3 is 19.1 Å². The first-order valence-corrected chi connectivity index (χ1v) is 9.29. The van der Waals surface area contributed by atoms with Crippen molar-refractivity contribution in [1.29, 1.82) is 0 Å². The molecule has 0 spiro atoms. The Balaban J connectivity index is 2.42. The number of nitrogens with one attached hydrogen (secondary N) is 1. The quantitative estimate of drug-likeness (QED) is 0.525. The summed E-state index contributed by atoms with van der Waals surface area (Å²) >= 11 is 0. The van der Waals surface area contributed by atoms with Gasteiger partial charge in [0.2, 0.25) is 10.0 Å².